The molecule has 1 aromatic heterocycles. The number of methoxy groups -OCH3 is 1. The van der Waals surface area contributed by atoms with Gasteiger partial charge in [0.15, 0.2) is 0 Å². The first-order chi connectivity index (χ1) is 8.81. The van der Waals surface area contributed by atoms with Crippen molar-refractivity contribution in [2.24, 2.45) is 0 Å². The molecule has 1 heterocycles. The lowest BCUT2D eigenvalue weighted by molar-refractivity contribution is 0.0594. The third-order valence-electron chi connectivity index (χ3n) is 3.22. The molecule has 1 aromatic carbocycles. The molecule has 3 heteroatoms. The fraction of sp³-hybridized carbons (Fsp3) is 0.133. The maximum absolute atomic E-state index is 11.9. The van der Waals surface area contributed by atoms with Gasteiger partial charge in [-0.3, -0.25) is 0 Å². The summed E-state index contributed by atoms with van der Waals surface area (Å²) in [4.78, 5) is 15.0. The first-order valence-corrected chi connectivity index (χ1v) is 5.85. The fourth-order valence-electron chi connectivity index (χ4n) is 2.40. The molecule has 0 spiro atoms. The number of esters is 1. The van der Waals surface area contributed by atoms with E-state index in [2.05, 4.69) is 17.1 Å². The Hall–Kier alpha value is -2.29. The van der Waals surface area contributed by atoms with E-state index < -0.39 is 0 Å². The second-order valence-electron chi connectivity index (χ2n) is 4.25. The van der Waals surface area contributed by atoms with Gasteiger partial charge in [-0.2, -0.15) is 0 Å². The number of rotatable bonds is 2. The summed E-state index contributed by atoms with van der Waals surface area (Å²) < 4.78 is 4.85. The molecule has 0 amide bonds. The van der Waals surface area contributed by atoms with Crippen LogP contribution in [0.3, 0.4) is 0 Å². The summed E-state index contributed by atoms with van der Waals surface area (Å²) in [6, 6.07) is 7.91. The van der Waals surface area contributed by atoms with Crippen LogP contribution in [-0.4, -0.2) is 18.1 Å². The van der Waals surface area contributed by atoms with Gasteiger partial charge in [-0.05, 0) is 6.07 Å². The summed E-state index contributed by atoms with van der Waals surface area (Å²) in [5, 5.41) is 1.07. The van der Waals surface area contributed by atoms with Crippen LogP contribution in [0.2, 0.25) is 0 Å². The smallest absolute Gasteiger partial charge is 0.354 e. The number of carbonyl (C=O) groups excluding carboxylic acids is 1. The summed E-state index contributed by atoms with van der Waals surface area (Å²) in [6.45, 7) is 0. The highest BCUT2D eigenvalue weighted by molar-refractivity contribution is 5.99. The van der Waals surface area contributed by atoms with Crippen molar-refractivity contribution >= 4 is 16.9 Å². The van der Waals surface area contributed by atoms with E-state index in [1.165, 1.54) is 7.11 Å². The molecule has 1 aliphatic rings. The molecule has 0 atom stereocenters. The van der Waals surface area contributed by atoms with Gasteiger partial charge >= 0.3 is 5.97 Å². The maximum atomic E-state index is 11.9. The van der Waals surface area contributed by atoms with Crippen LogP contribution in [-0.2, 0) is 4.74 Å². The van der Waals surface area contributed by atoms with Crippen LogP contribution in [0.4, 0.5) is 0 Å². The second kappa shape index (κ2) is 4.18. The number of nitrogens with one attached hydrogen (secondary N) is 1. The molecule has 90 valence electrons. The van der Waals surface area contributed by atoms with E-state index in [0.717, 1.165) is 16.5 Å². The zero-order valence-electron chi connectivity index (χ0n) is 10.0. The lowest BCUT2D eigenvalue weighted by Gasteiger charge is -2.07. The molecule has 0 radical (unpaired) electrons. The Morgan fingerprint density at radius 1 is 1.22 bits per heavy atom. The largest absolute Gasteiger partial charge is 0.464 e. The third kappa shape index (κ3) is 1.56. The number of hydrogen-bond acceptors (Lipinski definition) is 2. The van der Waals surface area contributed by atoms with Crippen molar-refractivity contribution in [3.63, 3.8) is 0 Å². The van der Waals surface area contributed by atoms with Gasteiger partial charge in [-0.25, -0.2) is 4.79 Å². The van der Waals surface area contributed by atoms with Crippen molar-refractivity contribution < 1.29 is 9.53 Å². The van der Waals surface area contributed by atoms with E-state index in [0.29, 0.717) is 5.69 Å². The molecule has 1 aliphatic carbocycles. The molecule has 0 bridgehead atoms. The standard InChI is InChI=1S/C15H13NO2/c1-18-15(17)14-13(10-6-2-3-7-10)11-8-4-5-9-12(11)16-14/h2-10,16H,1H3. The van der Waals surface area contributed by atoms with Crippen LogP contribution in [0.1, 0.15) is 22.0 Å². The highest BCUT2D eigenvalue weighted by atomic mass is 16.5. The number of aromatic nitrogens is 1. The molecule has 2 aromatic rings. The average molecular weight is 239 g/mol. The van der Waals surface area contributed by atoms with Crippen molar-refractivity contribution in [2.75, 3.05) is 7.11 Å². The zero-order chi connectivity index (χ0) is 12.5. The Labute approximate surface area is 105 Å². The summed E-state index contributed by atoms with van der Waals surface area (Å²) >= 11 is 0. The third-order valence-corrected chi connectivity index (χ3v) is 3.22. The molecule has 1 N–H and O–H groups in total. The zero-order valence-corrected chi connectivity index (χ0v) is 10.0. The molecule has 0 unspecified atom stereocenters. The van der Waals surface area contributed by atoms with Crippen LogP contribution < -0.4 is 0 Å². The summed E-state index contributed by atoms with van der Waals surface area (Å²) in [5.41, 5.74) is 2.49. The molecular weight excluding hydrogens is 226 g/mol. The van der Waals surface area contributed by atoms with Crippen LogP contribution >= 0.6 is 0 Å². The summed E-state index contributed by atoms with van der Waals surface area (Å²) in [5.74, 6) is -0.190. The number of aromatic amines is 1. The highest BCUT2D eigenvalue weighted by Crippen LogP contribution is 2.33. The van der Waals surface area contributed by atoms with Crippen molar-refractivity contribution in [1.29, 1.82) is 0 Å². The SMILES string of the molecule is COC(=O)c1[nH]c2ccccc2c1C1C=CC=C1. The number of allylic oxidation sites excluding steroid dienone is 4. The Balaban J connectivity index is 2.27. The maximum Gasteiger partial charge on any atom is 0.354 e. The normalized spacial score (nSPS) is 14.5. The van der Waals surface area contributed by atoms with Crippen LogP contribution in [0.25, 0.3) is 10.9 Å². The highest BCUT2D eigenvalue weighted by Gasteiger charge is 2.22. The van der Waals surface area contributed by atoms with Crippen LogP contribution in [0.15, 0.2) is 48.6 Å². The Bertz CT molecular complexity index is 652. The van der Waals surface area contributed by atoms with E-state index in [1.807, 2.05) is 36.4 Å². The second-order valence-corrected chi connectivity index (χ2v) is 4.25. The first kappa shape index (κ1) is 10.8. The van der Waals surface area contributed by atoms with Crippen LogP contribution in [0.5, 0.6) is 0 Å². The van der Waals surface area contributed by atoms with Gasteiger partial charge in [0.25, 0.3) is 0 Å². The number of H-pyrrole nitrogens is 1. The first-order valence-electron chi connectivity index (χ1n) is 5.85. The Morgan fingerprint density at radius 3 is 2.67 bits per heavy atom. The number of hydrogen-bond donors (Lipinski definition) is 1. The van der Waals surface area contributed by atoms with Crippen molar-refractivity contribution in [3.8, 4) is 0 Å². The van der Waals surface area contributed by atoms with Crippen molar-refractivity contribution in [2.45, 2.75) is 5.92 Å². The van der Waals surface area contributed by atoms with E-state index in [1.54, 1.807) is 0 Å². The number of carbonyl (C=O) groups is 1. The molecular formula is C15H13NO2. The Morgan fingerprint density at radius 2 is 1.94 bits per heavy atom. The van der Waals surface area contributed by atoms with E-state index in [9.17, 15) is 4.79 Å². The molecule has 0 saturated carbocycles. The van der Waals surface area contributed by atoms with Gasteiger partial charge in [0, 0.05) is 22.4 Å². The lowest BCUT2D eigenvalue weighted by Crippen LogP contribution is -2.06. The molecule has 0 aliphatic heterocycles. The van der Waals surface area contributed by atoms with Gasteiger partial charge in [-0.1, -0.05) is 42.5 Å². The topological polar surface area (TPSA) is 42.1 Å². The monoisotopic (exact) mass is 239 g/mol. The number of benzene rings is 1. The van der Waals surface area contributed by atoms with Crippen molar-refractivity contribution in [1.82, 2.24) is 4.98 Å². The minimum absolute atomic E-state index is 0.134. The number of fused-ring (bicyclic) bond motifs is 1. The van der Waals surface area contributed by atoms with Crippen LogP contribution in [0, 0.1) is 0 Å². The van der Waals surface area contributed by atoms with E-state index in [-0.39, 0.29) is 11.9 Å². The predicted octanol–water partition coefficient (Wildman–Crippen LogP) is 3.16. The summed E-state index contributed by atoms with van der Waals surface area (Å²) in [7, 11) is 1.40. The Kier molecular flexibility index (Phi) is 2.52. The summed E-state index contributed by atoms with van der Waals surface area (Å²) in [6.07, 6.45) is 8.13. The minimum Gasteiger partial charge on any atom is -0.464 e. The number of para-hydroxylation sites is 1. The van der Waals surface area contributed by atoms with Gasteiger partial charge in [0.1, 0.15) is 5.69 Å². The molecule has 18 heavy (non-hydrogen) atoms. The average Bonchev–Trinajstić information content (AvgIpc) is 3.03. The van der Waals surface area contributed by atoms with Gasteiger partial charge < -0.3 is 9.72 Å². The van der Waals surface area contributed by atoms with Crippen molar-refractivity contribution in [3.05, 3.63) is 59.8 Å². The molecule has 3 rings (SSSR count). The lowest BCUT2D eigenvalue weighted by atomic mass is 9.97. The number of ether oxygens (including phenoxy) is 1. The molecule has 3 nitrogen and oxygen atoms in total. The minimum atomic E-state index is -0.324. The van der Waals surface area contributed by atoms with Gasteiger partial charge in [0.05, 0.1) is 7.11 Å². The molecule has 0 fully saturated rings. The van der Waals surface area contributed by atoms with Gasteiger partial charge in [0.2, 0.25) is 0 Å². The molecule has 0 saturated heterocycles. The van der Waals surface area contributed by atoms with E-state index in [4.69, 9.17) is 4.74 Å². The van der Waals surface area contributed by atoms with E-state index >= 15 is 0 Å². The fourth-order valence-corrected chi connectivity index (χ4v) is 2.40. The predicted molar refractivity (Wildman–Crippen MR) is 70.7 cm³/mol. The quantitative estimate of drug-likeness (QED) is 0.818. The van der Waals surface area contributed by atoms with Gasteiger partial charge in [-0.15, -0.1) is 0 Å².